The highest BCUT2D eigenvalue weighted by atomic mass is 35.5. The summed E-state index contributed by atoms with van der Waals surface area (Å²) in [6, 6.07) is 16.0. The zero-order chi connectivity index (χ0) is 21.5. The molecule has 3 rings (SSSR count). The Hall–Kier alpha value is -3.21. The molecule has 0 saturated carbocycles. The van der Waals surface area contributed by atoms with Crippen LogP contribution >= 0.6 is 23.4 Å². The topological polar surface area (TPSA) is 91.9 Å². The minimum absolute atomic E-state index is 0.0250. The zero-order valence-electron chi connectivity index (χ0n) is 16.0. The van der Waals surface area contributed by atoms with E-state index in [-0.39, 0.29) is 24.5 Å². The molecule has 6 nitrogen and oxygen atoms in total. The average molecular weight is 441 g/mol. The lowest BCUT2D eigenvalue weighted by atomic mass is 10.1. The van der Waals surface area contributed by atoms with Gasteiger partial charge in [-0.1, -0.05) is 47.6 Å². The molecular formula is C22H17ClN2O4S. The van der Waals surface area contributed by atoms with E-state index in [9.17, 15) is 9.90 Å². The Morgan fingerprint density at radius 3 is 2.73 bits per heavy atom. The molecule has 0 fully saturated rings. The SMILES string of the molecule is CCOC(=O)C1=C(O)/C(=C/c2ccc(OCC#N)c(Cl)c2)SC1=Nc1ccccc1. The van der Waals surface area contributed by atoms with Gasteiger partial charge in [0.15, 0.2) is 6.61 Å². The Morgan fingerprint density at radius 2 is 2.07 bits per heavy atom. The average Bonchev–Trinajstić information content (AvgIpc) is 3.03. The molecule has 152 valence electrons. The first-order valence-electron chi connectivity index (χ1n) is 8.97. The quantitative estimate of drug-likeness (QED) is 0.601. The summed E-state index contributed by atoms with van der Waals surface area (Å²) in [5, 5.41) is 20.0. The van der Waals surface area contributed by atoms with Gasteiger partial charge in [0.1, 0.15) is 28.2 Å². The number of hydrogen-bond donors (Lipinski definition) is 1. The van der Waals surface area contributed by atoms with Crippen molar-refractivity contribution in [3.63, 3.8) is 0 Å². The lowest BCUT2D eigenvalue weighted by molar-refractivity contribution is -0.138. The minimum atomic E-state index is -0.640. The summed E-state index contributed by atoms with van der Waals surface area (Å²) in [7, 11) is 0. The van der Waals surface area contributed by atoms with Crippen molar-refractivity contribution in [2.75, 3.05) is 13.2 Å². The molecule has 0 aliphatic carbocycles. The van der Waals surface area contributed by atoms with Gasteiger partial charge in [0, 0.05) is 0 Å². The van der Waals surface area contributed by atoms with Crippen molar-refractivity contribution in [3.05, 3.63) is 75.4 Å². The van der Waals surface area contributed by atoms with Gasteiger partial charge in [-0.05, 0) is 42.8 Å². The largest absolute Gasteiger partial charge is 0.506 e. The van der Waals surface area contributed by atoms with Gasteiger partial charge in [-0.2, -0.15) is 5.26 Å². The number of thioether (sulfide) groups is 1. The maximum Gasteiger partial charge on any atom is 0.344 e. The second-order valence-electron chi connectivity index (χ2n) is 5.94. The van der Waals surface area contributed by atoms with Crippen LogP contribution in [0.2, 0.25) is 5.02 Å². The van der Waals surface area contributed by atoms with E-state index in [0.717, 1.165) is 11.8 Å². The fraction of sp³-hybridized carbons (Fsp3) is 0.136. The minimum Gasteiger partial charge on any atom is -0.506 e. The van der Waals surface area contributed by atoms with Crippen LogP contribution in [-0.2, 0) is 9.53 Å². The number of nitriles is 1. The summed E-state index contributed by atoms with van der Waals surface area (Å²) in [6.07, 6.45) is 1.69. The van der Waals surface area contributed by atoms with E-state index < -0.39 is 5.97 Å². The maximum absolute atomic E-state index is 12.4. The number of esters is 1. The van der Waals surface area contributed by atoms with Crippen LogP contribution in [0.4, 0.5) is 5.69 Å². The predicted molar refractivity (Wildman–Crippen MR) is 118 cm³/mol. The number of carbonyl (C=O) groups excluding carboxylic acids is 1. The molecule has 0 amide bonds. The number of aliphatic hydroxyl groups excluding tert-OH is 1. The van der Waals surface area contributed by atoms with E-state index in [1.54, 1.807) is 43.3 Å². The Labute approximate surface area is 183 Å². The highest BCUT2D eigenvalue weighted by Crippen LogP contribution is 2.40. The van der Waals surface area contributed by atoms with Crippen LogP contribution in [0, 0.1) is 11.3 Å². The number of benzene rings is 2. The smallest absolute Gasteiger partial charge is 0.344 e. The van der Waals surface area contributed by atoms with E-state index in [4.69, 9.17) is 26.3 Å². The molecule has 0 spiro atoms. The van der Waals surface area contributed by atoms with E-state index in [1.165, 1.54) is 0 Å². The molecule has 1 aliphatic rings. The first-order valence-corrected chi connectivity index (χ1v) is 10.2. The molecule has 0 unspecified atom stereocenters. The molecule has 0 saturated heterocycles. The van der Waals surface area contributed by atoms with Crippen molar-refractivity contribution < 1.29 is 19.4 Å². The number of hydrogen-bond acceptors (Lipinski definition) is 7. The van der Waals surface area contributed by atoms with Crippen LogP contribution in [0.15, 0.2) is 69.8 Å². The summed E-state index contributed by atoms with van der Waals surface area (Å²) in [5.74, 6) is -0.453. The van der Waals surface area contributed by atoms with E-state index >= 15 is 0 Å². The summed E-state index contributed by atoms with van der Waals surface area (Å²) < 4.78 is 10.3. The van der Waals surface area contributed by atoms with Gasteiger partial charge in [0.05, 0.1) is 22.2 Å². The van der Waals surface area contributed by atoms with Crippen molar-refractivity contribution in [1.82, 2.24) is 0 Å². The maximum atomic E-state index is 12.4. The molecule has 2 aromatic carbocycles. The Bertz CT molecular complexity index is 1090. The van der Waals surface area contributed by atoms with Crippen LogP contribution < -0.4 is 4.74 Å². The van der Waals surface area contributed by atoms with Crippen LogP contribution in [-0.4, -0.2) is 29.3 Å². The van der Waals surface area contributed by atoms with Gasteiger partial charge in [-0.25, -0.2) is 9.79 Å². The molecule has 1 heterocycles. The predicted octanol–water partition coefficient (Wildman–Crippen LogP) is 5.44. The number of aliphatic imine (C=N–C) groups is 1. The Morgan fingerprint density at radius 1 is 1.30 bits per heavy atom. The van der Waals surface area contributed by atoms with E-state index in [1.807, 2.05) is 24.3 Å². The number of para-hydroxylation sites is 1. The lowest BCUT2D eigenvalue weighted by Crippen LogP contribution is -2.12. The highest BCUT2D eigenvalue weighted by Gasteiger charge is 2.33. The summed E-state index contributed by atoms with van der Waals surface area (Å²) in [5.41, 5.74) is 1.36. The van der Waals surface area contributed by atoms with Crippen LogP contribution in [0.5, 0.6) is 5.75 Å². The highest BCUT2D eigenvalue weighted by molar-refractivity contribution is 8.18. The molecule has 1 N–H and O–H groups in total. The van der Waals surface area contributed by atoms with Crippen LogP contribution in [0.3, 0.4) is 0 Å². The third kappa shape index (κ3) is 5.03. The van der Waals surface area contributed by atoms with Crippen molar-refractivity contribution in [3.8, 4) is 11.8 Å². The number of halogens is 1. The van der Waals surface area contributed by atoms with Crippen LogP contribution in [0.1, 0.15) is 12.5 Å². The second-order valence-corrected chi connectivity index (χ2v) is 7.38. The van der Waals surface area contributed by atoms with Crippen molar-refractivity contribution >= 4 is 46.1 Å². The molecular weight excluding hydrogens is 424 g/mol. The third-order valence-electron chi connectivity index (χ3n) is 3.90. The number of aliphatic hydroxyl groups is 1. The third-order valence-corrected chi connectivity index (χ3v) is 5.22. The number of nitrogens with zero attached hydrogens (tertiary/aromatic N) is 2. The number of carbonyl (C=O) groups is 1. The van der Waals surface area contributed by atoms with Gasteiger partial charge < -0.3 is 14.6 Å². The lowest BCUT2D eigenvalue weighted by Gasteiger charge is -2.05. The van der Waals surface area contributed by atoms with Gasteiger partial charge in [-0.3, -0.25) is 0 Å². The fourth-order valence-corrected chi connectivity index (χ4v) is 3.88. The molecule has 0 aromatic heterocycles. The normalized spacial score (nSPS) is 16.0. The summed E-state index contributed by atoms with van der Waals surface area (Å²) in [6.45, 7) is 1.76. The molecule has 0 radical (unpaired) electrons. The van der Waals surface area contributed by atoms with E-state index in [0.29, 0.717) is 32.0 Å². The van der Waals surface area contributed by atoms with Gasteiger partial charge in [0.25, 0.3) is 0 Å². The van der Waals surface area contributed by atoms with Gasteiger partial charge in [-0.15, -0.1) is 0 Å². The Balaban J connectivity index is 1.97. The van der Waals surface area contributed by atoms with E-state index in [2.05, 4.69) is 4.99 Å². The molecule has 30 heavy (non-hydrogen) atoms. The van der Waals surface area contributed by atoms with Crippen LogP contribution in [0.25, 0.3) is 6.08 Å². The van der Waals surface area contributed by atoms with Crippen molar-refractivity contribution in [1.29, 1.82) is 5.26 Å². The first kappa shape index (κ1) is 21.5. The summed E-state index contributed by atoms with van der Waals surface area (Å²) >= 11 is 7.36. The fourth-order valence-electron chi connectivity index (χ4n) is 2.60. The van der Waals surface area contributed by atoms with Crippen molar-refractivity contribution in [2.45, 2.75) is 6.92 Å². The van der Waals surface area contributed by atoms with Gasteiger partial charge in [0.2, 0.25) is 0 Å². The molecule has 0 atom stereocenters. The standard InChI is InChI=1S/C22H17ClN2O4S/c1-2-28-22(27)19-20(26)18(30-21(19)25-15-6-4-3-5-7-15)13-14-8-9-17(16(23)12-14)29-11-10-24/h3-9,12-13,26H,2,11H2,1H3/b18-13-,25-21?. The van der Waals surface area contributed by atoms with Crippen molar-refractivity contribution in [2.24, 2.45) is 4.99 Å². The molecule has 8 heteroatoms. The first-order chi connectivity index (χ1) is 14.5. The monoisotopic (exact) mass is 440 g/mol. The molecule has 1 aliphatic heterocycles. The Kier molecular flexibility index (Phi) is 7.17. The summed E-state index contributed by atoms with van der Waals surface area (Å²) in [4.78, 5) is 17.4. The second kappa shape index (κ2) is 10.0. The number of rotatable bonds is 6. The number of ether oxygens (including phenoxy) is 2. The molecule has 0 bridgehead atoms. The zero-order valence-corrected chi connectivity index (χ0v) is 17.5. The molecule has 2 aromatic rings. The van der Waals surface area contributed by atoms with Gasteiger partial charge >= 0.3 is 5.97 Å².